The van der Waals surface area contributed by atoms with Gasteiger partial charge in [-0.1, -0.05) is 57.5 Å². The van der Waals surface area contributed by atoms with Gasteiger partial charge in [-0.25, -0.2) is 13.4 Å². The minimum atomic E-state index is -3.89. The van der Waals surface area contributed by atoms with E-state index in [0.717, 1.165) is 5.56 Å². The monoisotopic (exact) mass is 448 g/mol. The van der Waals surface area contributed by atoms with Crippen molar-refractivity contribution in [3.05, 3.63) is 48.0 Å². The molecule has 0 saturated heterocycles. The van der Waals surface area contributed by atoms with E-state index in [2.05, 4.69) is 4.98 Å². The van der Waals surface area contributed by atoms with Crippen molar-refractivity contribution in [3.8, 4) is 5.75 Å². The van der Waals surface area contributed by atoms with Crippen molar-refractivity contribution in [2.24, 2.45) is 5.92 Å². The van der Waals surface area contributed by atoms with Crippen LogP contribution in [0.5, 0.6) is 5.75 Å². The van der Waals surface area contributed by atoms with Gasteiger partial charge in [-0.15, -0.1) is 0 Å². The summed E-state index contributed by atoms with van der Waals surface area (Å²) in [5, 5.41) is -0.928. The Morgan fingerprint density at radius 2 is 1.81 bits per heavy atom. The quantitative estimate of drug-likeness (QED) is 0.486. The lowest BCUT2D eigenvalue weighted by Crippen LogP contribution is -2.34. The third kappa shape index (κ3) is 6.69. The predicted octanol–water partition coefficient (Wildman–Crippen LogP) is 4.16. The Morgan fingerprint density at radius 3 is 2.42 bits per heavy atom. The lowest BCUT2D eigenvalue weighted by atomic mass is 10.00. The van der Waals surface area contributed by atoms with Crippen LogP contribution in [0.4, 0.5) is 5.82 Å². The molecule has 8 heteroatoms. The van der Waals surface area contributed by atoms with Gasteiger partial charge >= 0.3 is 5.97 Å². The number of hydrogen-bond acceptors (Lipinski definition) is 7. The Morgan fingerprint density at radius 1 is 1.10 bits per heavy atom. The smallest absolute Gasteiger partial charge is 0.305 e. The fraction of sp³-hybridized carbons (Fsp3) is 0.478. The summed E-state index contributed by atoms with van der Waals surface area (Å²) in [6, 6.07) is 12.5. The molecule has 0 spiro atoms. The molecule has 2 aromatic rings. The number of pyridine rings is 1. The van der Waals surface area contributed by atoms with Gasteiger partial charge in [0.25, 0.3) is 0 Å². The van der Waals surface area contributed by atoms with Gasteiger partial charge in [0.1, 0.15) is 12.4 Å². The molecule has 2 N–H and O–H groups in total. The van der Waals surface area contributed by atoms with E-state index >= 15 is 0 Å². The average Bonchev–Trinajstić information content (AvgIpc) is 2.78. The average molecular weight is 449 g/mol. The lowest BCUT2D eigenvalue weighted by molar-refractivity contribution is -0.144. The Kier molecular flexibility index (Phi) is 9.30. The molecule has 2 atom stereocenters. The van der Waals surface area contributed by atoms with E-state index in [1.165, 1.54) is 6.07 Å². The summed E-state index contributed by atoms with van der Waals surface area (Å²) >= 11 is 0. The third-order valence-electron chi connectivity index (χ3n) is 5.12. The molecule has 0 amide bonds. The zero-order valence-corrected chi connectivity index (χ0v) is 19.2. The number of nitrogen functional groups attached to an aromatic ring is 1. The first-order valence-corrected chi connectivity index (χ1v) is 12.2. The number of rotatable bonds is 12. The van der Waals surface area contributed by atoms with Gasteiger partial charge < -0.3 is 15.2 Å². The van der Waals surface area contributed by atoms with E-state index < -0.39 is 15.1 Å². The maximum atomic E-state index is 13.7. The highest BCUT2D eigenvalue weighted by molar-refractivity contribution is 7.92. The highest BCUT2D eigenvalue weighted by atomic mass is 32.2. The highest BCUT2D eigenvalue weighted by Gasteiger charge is 2.37. The molecular formula is C23H32N2O5S. The Bertz CT molecular complexity index is 948. The third-order valence-corrected chi connectivity index (χ3v) is 7.37. The van der Waals surface area contributed by atoms with Crippen molar-refractivity contribution >= 4 is 21.6 Å². The fourth-order valence-corrected chi connectivity index (χ4v) is 5.60. The summed E-state index contributed by atoms with van der Waals surface area (Å²) in [5.74, 6) is -0.434. The number of hydrogen-bond donors (Lipinski definition) is 1. The number of benzene rings is 1. The summed E-state index contributed by atoms with van der Waals surface area (Å²) in [6.45, 7) is 5.78. The van der Waals surface area contributed by atoms with Crippen molar-refractivity contribution in [1.82, 2.24) is 4.98 Å². The molecule has 31 heavy (non-hydrogen) atoms. The van der Waals surface area contributed by atoms with E-state index in [-0.39, 0.29) is 48.1 Å². The molecular weight excluding hydrogens is 416 g/mol. The molecule has 0 aliphatic carbocycles. The second kappa shape index (κ2) is 11.7. The molecule has 2 unspecified atom stereocenters. The Labute approximate surface area is 184 Å². The largest absolute Gasteiger partial charge is 0.486 e. The molecule has 1 aromatic carbocycles. The number of esters is 1. The van der Waals surface area contributed by atoms with Crippen LogP contribution in [0.1, 0.15) is 52.0 Å². The van der Waals surface area contributed by atoms with Gasteiger partial charge in [0.2, 0.25) is 9.84 Å². The molecule has 0 aliphatic rings. The number of anilines is 1. The van der Waals surface area contributed by atoms with E-state index in [1.54, 1.807) is 13.0 Å². The van der Waals surface area contributed by atoms with Crippen molar-refractivity contribution < 1.29 is 22.7 Å². The molecule has 0 radical (unpaired) electrons. The first-order valence-electron chi connectivity index (χ1n) is 10.7. The maximum Gasteiger partial charge on any atom is 0.305 e. The number of sulfone groups is 1. The van der Waals surface area contributed by atoms with Crippen LogP contribution in [0.2, 0.25) is 0 Å². The van der Waals surface area contributed by atoms with Crippen molar-refractivity contribution in [1.29, 1.82) is 0 Å². The van der Waals surface area contributed by atoms with Crippen LogP contribution in [0.3, 0.4) is 0 Å². The fourth-order valence-electron chi connectivity index (χ4n) is 3.35. The van der Waals surface area contributed by atoms with E-state index in [9.17, 15) is 13.2 Å². The molecule has 7 nitrogen and oxygen atoms in total. The summed E-state index contributed by atoms with van der Waals surface area (Å²) in [5.41, 5.74) is 6.74. The molecule has 2 rings (SSSR count). The van der Waals surface area contributed by atoms with Gasteiger partial charge in [0.15, 0.2) is 10.8 Å². The van der Waals surface area contributed by atoms with Crippen LogP contribution in [0, 0.1) is 5.92 Å². The summed E-state index contributed by atoms with van der Waals surface area (Å²) in [7, 11) is -3.89. The zero-order valence-electron chi connectivity index (χ0n) is 18.4. The molecule has 0 fully saturated rings. The molecule has 170 valence electrons. The number of ether oxygens (including phenoxy) is 2. The van der Waals surface area contributed by atoms with E-state index in [4.69, 9.17) is 15.2 Å². The topological polar surface area (TPSA) is 109 Å². The Balaban J connectivity index is 2.37. The van der Waals surface area contributed by atoms with Crippen molar-refractivity contribution in [2.75, 3.05) is 12.3 Å². The molecule has 1 heterocycles. The summed E-state index contributed by atoms with van der Waals surface area (Å²) in [4.78, 5) is 15.8. The van der Waals surface area contributed by atoms with Crippen molar-refractivity contribution in [3.63, 3.8) is 0 Å². The van der Waals surface area contributed by atoms with Crippen molar-refractivity contribution in [2.45, 2.75) is 63.3 Å². The number of carbonyl (C=O) groups is 1. The van der Waals surface area contributed by atoms with Crippen LogP contribution in [0.25, 0.3) is 0 Å². The zero-order chi connectivity index (χ0) is 22.9. The number of carbonyl (C=O) groups excluding carboxylic acids is 1. The van der Waals surface area contributed by atoms with Gasteiger partial charge in [-0.2, -0.15) is 0 Å². The van der Waals surface area contributed by atoms with Gasteiger partial charge in [0.05, 0.1) is 11.9 Å². The minimum absolute atomic E-state index is 0.0512. The molecule has 0 aliphatic heterocycles. The standard InChI is InChI=1S/C23H32N2O5S/c1-4-10-20(18(5-2)16-30-22(26)6-3)31(27,28)23-19(13-14-21(24)25-23)29-15-17-11-8-7-9-12-17/h7-9,11-14,18,20H,4-6,10,15-16H2,1-3H3,(H2,24,25). The highest BCUT2D eigenvalue weighted by Crippen LogP contribution is 2.33. The minimum Gasteiger partial charge on any atom is -0.486 e. The van der Waals surface area contributed by atoms with E-state index in [0.29, 0.717) is 19.3 Å². The molecule has 1 aromatic heterocycles. The van der Waals surface area contributed by atoms with Crippen LogP contribution >= 0.6 is 0 Å². The summed E-state index contributed by atoms with van der Waals surface area (Å²) in [6.07, 6.45) is 1.86. The number of nitrogens with zero attached hydrogens (tertiary/aromatic N) is 1. The van der Waals surface area contributed by atoms with Gasteiger partial charge in [0, 0.05) is 12.3 Å². The second-order valence-electron chi connectivity index (χ2n) is 7.39. The second-order valence-corrected chi connectivity index (χ2v) is 9.47. The normalized spacial score (nSPS) is 13.4. The van der Waals surface area contributed by atoms with Crippen LogP contribution in [-0.4, -0.2) is 31.2 Å². The summed E-state index contributed by atoms with van der Waals surface area (Å²) < 4.78 is 38.5. The number of nitrogens with two attached hydrogens (primary N) is 1. The first-order chi connectivity index (χ1) is 14.8. The van der Waals surface area contributed by atoms with Gasteiger partial charge in [-0.05, 0) is 30.5 Å². The SMILES string of the molecule is CCCC(C(CC)COC(=O)CC)S(=O)(=O)c1nc(N)ccc1OCc1ccccc1. The number of aromatic nitrogens is 1. The maximum absolute atomic E-state index is 13.7. The van der Waals surface area contributed by atoms with Crippen LogP contribution < -0.4 is 10.5 Å². The van der Waals surface area contributed by atoms with Crippen LogP contribution in [0.15, 0.2) is 47.5 Å². The molecule has 0 bridgehead atoms. The van der Waals surface area contributed by atoms with E-state index in [1.807, 2.05) is 44.2 Å². The molecule has 0 saturated carbocycles. The van der Waals surface area contributed by atoms with Crippen LogP contribution in [-0.2, 0) is 26.0 Å². The predicted molar refractivity (Wildman–Crippen MR) is 120 cm³/mol. The Hall–Kier alpha value is -2.61. The van der Waals surface area contributed by atoms with Gasteiger partial charge in [-0.3, -0.25) is 4.79 Å². The first kappa shape index (κ1) is 24.7. The lowest BCUT2D eigenvalue weighted by Gasteiger charge is -2.26.